The molecule has 0 bridgehead atoms. The van der Waals surface area contributed by atoms with Crippen LogP contribution in [-0.2, 0) is 20.0 Å². The van der Waals surface area contributed by atoms with Gasteiger partial charge in [-0.05, 0) is 42.0 Å². The highest BCUT2D eigenvalue weighted by Crippen LogP contribution is 2.34. The second kappa shape index (κ2) is 5.45. The molecule has 3 aromatic rings. The summed E-state index contributed by atoms with van der Waals surface area (Å²) in [7, 11) is 2.14. The predicted octanol–water partition coefficient (Wildman–Crippen LogP) is 4.11. The molecule has 0 atom stereocenters. The van der Waals surface area contributed by atoms with Gasteiger partial charge in [0.15, 0.2) is 0 Å². The van der Waals surface area contributed by atoms with Crippen LogP contribution in [0.3, 0.4) is 0 Å². The molecule has 112 valence electrons. The first-order valence-electron chi connectivity index (χ1n) is 7.47. The van der Waals surface area contributed by atoms with Gasteiger partial charge >= 0.3 is 0 Å². The molecule has 1 N–H and O–H groups in total. The third-order valence-electron chi connectivity index (χ3n) is 4.28. The maximum atomic E-state index is 13.3. The van der Waals surface area contributed by atoms with Gasteiger partial charge in [-0.2, -0.15) is 0 Å². The van der Waals surface area contributed by atoms with Crippen molar-refractivity contribution in [2.45, 2.75) is 22.8 Å². The van der Waals surface area contributed by atoms with Crippen molar-refractivity contribution in [2.75, 3.05) is 6.54 Å². The Balaban J connectivity index is 1.77. The summed E-state index contributed by atoms with van der Waals surface area (Å²) in [5.74, 6) is -0.188. The van der Waals surface area contributed by atoms with E-state index in [0.29, 0.717) is 0 Å². The van der Waals surface area contributed by atoms with Crippen LogP contribution in [0.15, 0.2) is 52.3 Å². The third-order valence-corrected chi connectivity index (χ3v) is 5.26. The lowest BCUT2D eigenvalue weighted by atomic mass is 10.1. The molecular weight excluding hydrogens is 295 g/mol. The topological polar surface area (TPSA) is 17.0 Å². The SMILES string of the molecule is Cn1c2c(c3cc(Sc4cccc(F)c4)ccc31)CNCC2. The third kappa shape index (κ3) is 2.32. The maximum Gasteiger partial charge on any atom is 0.124 e. The van der Waals surface area contributed by atoms with Crippen molar-refractivity contribution in [1.82, 2.24) is 9.88 Å². The molecule has 4 rings (SSSR count). The number of fused-ring (bicyclic) bond motifs is 3. The van der Waals surface area contributed by atoms with E-state index in [1.165, 1.54) is 28.2 Å². The Morgan fingerprint density at radius 1 is 1.14 bits per heavy atom. The smallest absolute Gasteiger partial charge is 0.124 e. The normalized spacial score (nSPS) is 14.3. The average molecular weight is 312 g/mol. The van der Waals surface area contributed by atoms with E-state index < -0.39 is 0 Å². The number of hydrogen-bond acceptors (Lipinski definition) is 2. The number of rotatable bonds is 2. The van der Waals surface area contributed by atoms with Crippen molar-refractivity contribution >= 4 is 22.7 Å². The van der Waals surface area contributed by atoms with Crippen molar-refractivity contribution in [3.8, 4) is 0 Å². The molecule has 0 amide bonds. The lowest BCUT2D eigenvalue weighted by Gasteiger charge is -2.14. The molecule has 2 nitrogen and oxygen atoms in total. The van der Waals surface area contributed by atoms with Gasteiger partial charge in [0.05, 0.1) is 0 Å². The van der Waals surface area contributed by atoms with E-state index in [2.05, 4.69) is 35.1 Å². The second-order valence-corrected chi connectivity index (χ2v) is 6.80. The second-order valence-electron chi connectivity index (χ2n) is 5.65. The van der Waals surface area contributed by atoms with E-state index in [4.69, 9.17) is 0 Å². The molecule has 22 heavy (non-hydrogen) atoms. The lowest BCUT2D eigenvalue weighted by Crippen LogP contribution is -2.24. The van der Waals surface area contributed by atoms with Crippen LogP contribution in [0.25, 0.3) is 10.9 Å². The van der Waals surface area contributed by atoms with Crippen LogP contribution in [-0.4, -0.2) is 11.1 Å². The van der Waals surface area contributed by atoms with Crippen molar-refractivity contribution in [3.63, 3.8) is 0 Å². The summed E-state index contributed by atoms with van der Waals surface area (Å²) >= 11 is 1.61. The van der Waals surface area contributed by atoms with Crippen LogP contribution in [0.4, 0.5) is 4.39 Å². The molecule has 1 aliphatic heterocycles. The maximum absolute atomic E-state index is 13.3. The minimum absolute atomic E-state index is 0.188. The number of nitrogens with one attached hydrogen (secondary N) is 1. The highest BCUT2D eigenvalue weighted by molar-refractivity contribution is 7.99. The molecule has 0 fully saturated rings. The van der Waals surface area contributed by atoms with Gasteiger partial charge in [-0.15, -0.1) is 0 Å². The average Bonchev–Trinajstić information content (AvgIpc) is 2.81. The number of benzene rings is 2. The van der Waals surface area contributed by atoms with E-state index >= 15 is 0 Å². The van der Waals surface area contributed by atoms with Gasteiger partial charge < -0.3 is 9.88 Å². The number of hydrogen-bond donors (Lipinski definition) is 1. The summed E-state index contributed by atoms with van der Waals surface area (Å²) in [6.07, 6.45) is 1.08. The number of aromatic nitrogens is 1. The fraction of sp³-hybridized carbons (Fsp3) is 0.222. The molecule has 2 heterocycles. The molecule has 1 aliphatic rings. The zero-order valence-corrected chi connectivity index (χ0v) is 13.2. The fourth-order valence-electron chi connectivity index (χ4n) is 3.22. The van der Waals surface area contributed by atoms with Gasteiger partial charge in [0.1, 0.15) is 5.82 Å². The summed E-state index contributed by atoms with van der Waals surface area (Å²) in [6, 6.07) is 13.3. The summed E-state index contributed by atoms with van der Waals surface area (Å²) in [5, 5.41) is 4.76. The molecule has 2 aromatic carbocycles. The van der Waals surface area contributed by atoms with Gasteiger partial charge in [-0.3, -0.25) is 0 Å². The summed E-state index contributed by atoms with van der Waals surface area (Å²) in [6.45, 7) is 1.98. The molecule has 0 aliphatic carbocycles. The highest BCUT2D eigenvalue weighted by atomic mass is 32.2. The molecule has 4 heteroatoms. The molecule has 0 unspecified atom stereocenters. The van der Waals surface area contributed by atoms with Crippen LogP contribution in [0.1, 0.15) is 11.3 Å². The first-order chi connectivity index (χ1) is 10.7. The van der Waals surface area contributed by atoms with E-state index in [1.54, 1.807) is 23.9 Å². The minimum Gasteiger partial charge on any atom is -0.347 e. The van der Waals surface area contributed by atoms with Crippen LogP contribution in [0, 0.1) is 5.82 Å². The van der Waals surface area contributed by atoms with Gasteiger partial charge in [-0.1, -0.05) is 17.8 Å². The Morgan fingerprint density at radius 2 is 2.00 bits per heavy atom. The molecule has 1 aromatic heterocycles. The summed E-state index contributed by atoms with van der Waals surface area (Å²) in [5.41, 5.74) is 4.12. The van der Waals surface area contributed by atoms with Gasteiger partial charge in [0, 0.05) is 52.9 Å². The van der Waals surface area contributed by atoms with Gasteiger partial charge in [0.25, 0.3) is 0 Å². The number of aryl methyl sites for hydroxylation is 1. The van der Waals surface area contributed by atoms with Crippen LogP contribution >= 0.6 is 11.8 Å². The Morgan fingerprint density at radius 3 is 2.86 bits per heavy atom. The van der Waals surface area contributed by atoms with Crippen LogP contribution in [0.5, 0.6) is 0 Å². The van der Waals surface area contributed by atoms with E-state index in [-0.39, 0.29) is 5.82 Å². The standard InChI is InChI=1S/C18H17FN2S/c1-21-17-6-5-14(22-13-4-2-3-12(19)9-13)10-15(17)16-11-20-8-7-18(16)21/h2-6,9-10,20H,7-8,11H2,1H3. The van der Waals surface area contributed by atoms with Crippen LogP contribution in [0.2, 0.25) is 0 Å². The van der Waals surface area contributed by atoms with E-state index in [1.807, 2.05) is 6.07 Å². The highest BCUT2D eigenvalue weighted by Gasteiger charge is 2.18. The van der Waals surface area contributed by atoms with Gasteiger partial charge in [0.2, 0.25) is 0 Å². The first-order valence-corrected chi connectivity index (χ1v) is 8.28. The van der Waals surface area contributed by atoms with Crippen molar-refractivity contribution in [3.05, 3.63) is 59.5 Å². The predicted molar refractivity (Wildman–Crippen MR) is 88.9 cm³/mol. The zero-order chi connectivity index (χ0) is 15.1. The lowest BCUT2D eigenvalue weighted by molar-refractivity contribution is 0.622. The summed E-state index contributed by atoms with van der Waals surface area (Å²) < 4.78 is 15.6. The molecule has 0 saturated carbocycles. The summed E-state index contributed by atoms with van der Waals surface area (Å²) in [4.78, 5) is 2.08. The van der Waals surface area contributed by atoms with Crippen molar-refractivity contribution in [2.24, 2.45) is 7.05 Å². The Labute approximate surface area is 133 Å². The molecule has 0 saturated heterocycles. The quantitative estimate of drug-likeness (QED) is 0.767. The van der Waals surface area contributed by atoms with E-state index in [0.717, 1.165) is 29.3 Å². The largest absolute Gasteiger partial charge is 0.347 e. The fourth-order valence-corrected chi connectivity index (χ4v) is 4.12. The first kappa shape index (κ1) is 13.9. The van der Waals surface area contributed by atoms with Crippen molar-refractivity contribution < 1.29 is 4.39 Å². The Hall–Kier alpha value is -1.78. The zero-order valence-electron chi connectivity index (χ0n) is 12.4. The minimum atomic E-state index is -0.188. The molecule has 0 spiro atoms. The van der Waals surface area contributed by atoms with Gasteiger partial charge in [-0.25, -0.2) is 4.39 Å². The number of halogens is 1. The molecule has 0 radical (unpaired) electrons. The van der Waals surface area contributed by atoms with Crippen LogP contribution < -0.4 is 5.32 Å². The number of nitrogens with zero attached hydrogens (tertiary/aromatic N) is 1. The van der Waals surface area contributed by atoms with Crippen molar-refractivity contribution in [1.29, 1.82) is 0 Å². The Bertz CT molecular complexity index is 854. The van der Waals surface area contributed by atoms with E-state index in [9.17, 15) is 4.39 Å². The monoisotopic (exact) mass is 312 g/mol. The Kier molecular flexibility index (Phi) is 3.43. The molecular formula is C18H17FN2S.